The van der Waals surface area contributed by atoms with E-state index in [0.29, 0.717) is 0 Å². The van der Waals surface area contributed by atoms with Gasteiger partial charge in [-0.3, -0.25) is 0 Å². The molecule has 0 fully saturated rings. The predicted molar refractivity (Wildman–Crippen MR) is 329 cm³/mol. The summed E-state index contributed by atoms with van der Waals surface area (Å²) in [4.78, 5) is 0. The van der Waals surface area contributed by atoms with E-state index in [1.807, 2.05) is 0 Å². The van der Waals surface area contributed by atoms with E-state index >= 15 is 0 Å². The Morgan fingerprint density at radius 2 is 0.417 bits per heavy atom. The molecule has 0 N–H and O–H groups in total. The molecule has 0 unspecified atom stereocenters. The smallest absolute Gasteiger partial charge is 0.0256 e. The molecule has 0 bridgehead atoms. The summed E-state index contributed by atoms with van der Waals surface area (Å²) in [6.45, 7) is 42.7. The molecular formula is C70H72Br2. The van der Waals surface area contributed by atoms with E-state index in [4.69, 9.17) is 0 Å². The minimum atomic E-state index is -0.132. The van der Waals surface area contributed by atoms with E-state index in [1.54, 1.807) is 0 Å². The largest absolute Gasteiger partial charge is 0.0561 e. The van der Waals surface area contributed by atoms with Crippen molar-refractivity contribution >= 4 is 140 Å². The molecule has 0 heterocycles. The van der Waals surface area contributed by atoms with E-state index < -0.39 is 0 Å². The number of hydrogen-bond donors (Lipinski definition) is 0. The van der Waals surface area contributed by atoms with Crippen molar-refractivity contribution in [3.8, 4) is 0 Å². The van der Waals surface area contributed by atoms with Crippen LogP contribution in [0.1, 0.15) is 158 Å². The van der Waals surface area contributed by atoms with E-state index in [-0.39, 0.29) is 32.5 Å². The summed E-state index contributed by atoms with van der Waals surface area (Å²) in [5.74, 6) is 0. The fourth-order valence-electron chi connectivity index (χ4n) is 12.4. The van der Waals surface area contributed by atoms with Gasteiger partial charge in [-0.15, -0.1) is 0 Å². The van der Waals surface area contributed by atoms with Gasteiger partial charge in [-0.25, -0.2) is 0 Å². The maximum atomic E-state index is 4.03. The Kier molecular flexibility index (Phi) is 10.8. The SMILES string of the molecule is CC(C)(C)c1cc(Br)c2ccc3c4ccc5c6ccc7c(cc(C(C)(C)C)c8c7ccc7c9ccc%10c(Br)cc(C(C)(C)C)cc%10c9c(C(C)(C)C)cc78)c6cc(C(C)(C)C)c5c4cc(C(C)(C)C)c3c2c1. The highest BCUT2D eigenvalue weighted by atomic mass is 79.9. The number of rotatable bonds is 0. The highest BCUT2D eigenvalue weighted by Gasteiger charge is 2.30. The van der Waals surface area contributed by atoms with E-state index in [9.17, 15) is 0 Å². The van der Waals surface area contributed by atoms with Crippen LogP contribution in [0.15, 0.2) is 118 Å². The predicted octanol–water partition coefficient (Wildman–Crippen LogP) is 22.5. The van der Waals surface area contributed by atoms with Crippen molar-refractivity contribution in [1.29, 1.82) is 0 Å². The van der Waals surface area contributed by atoms with Crippen molar-refractivity contribution in [3.63, 3.8) is 0 Å². The number of halogens is 2. The molecule has 0 amide bonds. The van der Waals surface area contributed by atoms with Gasteiger partial charge in [-0.1, -0.05) is 217 Å². The average Bonchev–Trinajstić information content (AvgIpc) is 3.27. The Labute approximate surface area is 445 Å². The van der Waals surface area contributed by atoms with Gasteiger partial charge >= 0.3 is 0 Å². The summed E-state index contributed by atoms with van der Waals surface area (Å²) in [5.41, 5.74) is 7.84. The standard InChI is InChI=1S/C70H72Br2/c1-65(2,3)37-29-51-43(59(71)31-37)23-27-47-41-21-25-45-39-19-20-40-46-26-22-42-48-28-24-44-52(30-38(32-60(44)72)66(4,5)6)62(48)58(70(16,17)18)36-54(42)64(46)56(68(10,11)12)34-50(40)49(39)33-55(67(7,8)9)63(45)53(41)35-57(61(47)51)69(13,14)15/h19-36H,1-18H3. The zero-order chi connectivity index (χ0) is 51.9. The van der Waals surface area contributed by atoms with Crippen LogP contribution in [0.5, 0.6) is 0 Å². The number of hydrogen-bond acceptors (Lipinski definition) is 0. The Hall–Kier alpha value is -5.02. The maximum absolute atomic E-state index is 4.03. The summed E-state index contributed by atoms with van der Waals surface area (Å²) < 4.78 is 2.32. The van der Waals surface area contributed by atoms with Crippen LogP contribution in [0.4, 0.5) is 0 Å². The Bertz CT molecular complexity index is 3920. The third-order valence-electron chi connectivity index (χ3n) is 16.3. The van der Waals surface area contributed by atoms with Crippen LogP contribution < -0.4 is 0 Å². The molecule has 0 spiro atoms. The van der Waals surface area contributed by atoms with E-state index in [0.717, 1.165) is 8.95 Å². The second-order valence-electron chi connectivity index (χ2n) is 27.7. The van der Waals surface area contributed by atoms with Gasteiger partial charge in [-0.05, 0) is 222 Å². The third-order valence-corrected chi connectivity index (χ3v) is 17.6. The molecule has 11 rings (SSSR count). The van der Waals surface area contributed by atoms with Gasteiger partial charge in [-0.2, -0.15) is 0 Å². The topological polar surface area (TPSA) is 0 Å². The molecule has 0 aliphatic carbocycles. The van der Waals surface area contributed by atoms with Crippen molar-refractivity contribution in [2.75, 3.05) is 0 Å². The summed E-state index contributed by atoms with van der Waals surface area (Å²) in [6.07, 6.45) is 0. The lowest BCUT2D eigenvalue weighted by molar-refractivity contribution is 0.590. The molecule has 0 aliphatic rings. The molecule has 2 heteroatoms. The molecule has 366 valence electrons. The summed E-state index contributed by atoms with van der Waals surface area (Å²) in [6, 6.07) is 44.1. The second-order valence-corrected chi connectivity index (χ2v) is 29.4. The Morgan fingerprint density at radius 3 is 0.667 bits per heavy atom. The van der Waals surface area contributed by atoms with Crippen LogP contribution in [0.2, 0.25) is 0 Å². The van der Waals surface area contributed by atoms with Crippen molar-refractivity contribution in [2.24, 2.45) is 0 Å². The van der Waals surface area contributed by atoms with Crippen LogP contribution in [-0.4, -0.2) is 0 Å². The monoisotopic (exact) mass is 1070 g/mol. The second kappa shape index (κ2) is 15.8. The first-order valence-electron chi connectivity index (χ1n) is 26.3. The zero-order valence-electron chi connectivity index (χ0n) is 46.1. The first kappa shape index (κ1) is 49.2. The molecule has 0 saturated heterocycles. The Balaban J connectivity index is 1.27. The van der Waals surface area contributed by atoms with Crippen molar-refractivity contribution in [3.05, 3.63) is 152 Å². The van der Waals surface area contributed by atoms with Gasteiger partial charge in [0.05, 0.1) is 0 Å². The molecule has 0 aromatic heterocycles. The van der Waals surface area contributed by atoms with Crippen LogP contribution in [-0.2, 0) is 32.5 Å². The fourth-order valence-corrected chi connectivity index (χ4v) is 13.5. The van der Waals surface area contributed by atoms with Crippen molar-refractivity contribution < 1.29 is 0 Å². The lowest BCUT2D eigenvalue weighted by Gasteiger charge is -2.29. The molecule has 11 aromatic rings. The van der Waals surface area contributed by atoms with Gasteiger partial charge in [0.1, 0.15) is 0 Å². The lowest BCUT2D eigenvalue weighted by atomic mass is 9.75. The Morgan fingerprint density at radius 1 is 0.208 bits per heavy atom. The van der Waals surface area contributed by atoms with E-state index in [1.165, 1.54) is 141 Å². The average molecular weight is 1070 g/mol. The minimum absolute atomic E-state index is 0.0177. The first-order chi connectivity index (χ1) is 33.3. The molecule has 0 aliphatic heterocycles. The fraction of sp³-hybridized carbons (Fsp3) is 0.343. The molecule has 11 aromatic carbocycles. The molecule has 0 radical (unpaired) electrons. The first-order valence-corrected chi connectivity index (χ1v) is 27.9. The third kappa shape index (κ3) is 7.53. The highest BCUT2D eigenvalue weighted by Crippen LogP contribution is 2.51. The van der Waals surface area contributed by atoms with Gasteiger partial charge in [0.15, 0.2) is 0 Å². The van der Waals surface area contributed by atoms with Crippen LogP contribution in [0.3, 0.4) is 0 Å². The number of fused-ring (bicyclic) bond motifs is 19. The van der Waals surface area contributed by atoms with Crippen LogP contribution >= 0.6 is 31.9 Å². The number of benzene rings is 11. The molecule has 0 saturated carbocycles. The zero-order valence-corrected chi connectivity index (χ0v) is 49.3. The maximum Gasteiger partial charge on any atom is 0.0256 e. The van der Waals surface area contributed by atoms with Gasteiger partial charge in [0.2, 0.25) is 0 Å². The summed E-state index contributed by atoms with van der Waals surface area (Å²) >= 11 is 8.05. The van der Waals surface area contributed by atoms with Crippen LogP contribution in [0.25, 0.3) is 108 Å². The van der Waals surface area contributed by atoms with Gasteiger partial charge in [0, 0.05) is 8.95 Å². The van der Waals surface area contributed by atoms with Crippen molar-refractivity contribution in [2.45, 2.75) is 157 Å². The lowest BCUT2D eigenvalue weighted by Crippen LogP contribution is -2.14. The van der Waals surface area contributed by atoms with Gasteiger partial charge in [0.25, 0.3) is 0 Å². The highest BCUT2D eigenvalue weighted by molar-refractivity contribution is 9.11. The summed E-state index contributed by atoms with van der Waals surface area (Å²) in [7, 11) is 0. The molecular weight excluding hydrogens is 1000 g/mol. The normalized spacial score (nSPS) is 13.8. The molecule has 0 nitrogen and oxygen atoms in total. The quantitative estimate of drug-likeness (QED) is 0.133. The van der Waals surface area contributed by atoms with Gasteiger partial charge < -0.3 is 0 Å². The molecule has 72 heavy (non-hydrogen) atoms. The summed E-state index contributed by atoms with van der Waals surface area (Å²) in [5, 5.41) is 26.6. The molecule has 0 atom stereocenters. The van der Waals surface area contributed by atoms with Crippen LogP contribution in [0, 0.1) is 0 Å². The van der Waals surface area contributed by atoms with E-state index in [2.05, 4.69) is 266 Å². The minimum Gasteiger partial charge on any atom is -0.0561 e. The van der Waals surface area contributed by atoms with Crippen molar-refractivity contribution in [1.82, 2.24) is 0 Å².